The Morgan fingerprint density at radius 1 is 1.14 bits per heavy atom. The van der Waals surface area contributed by atoms with Crippen molar-refractivity contribution in [2.75, 3.05) is 13.1 Å². The van der Waals surface area contributed by atoms with Crippen LogP contribution in [0.15, 0.2) is 0 Å². The number of sulfonamides is 1. The van der Waals surface area contributed by atoms with Crippen molar-refractivity contribution >= 4 is 10.0 Å². The molecule has 0 aliphatic carbocycles. The molecule has 0 unspecified atom stereocenters. The lowest BCUT2D eigenvalue weighted by molar-refractivity contribution is 0.424. The highest BCUT2D eigenvalue weighted by Gasteiger charge is 2.41. The SMILES string of the molecule is CCC(C)(CC)S(=O)(=O)N1CCCC1. The molecule has 0 N–H and O–H groups in total. The van der Waals surface area contributed by atoms with Crippen molar-refractivity contribution in [1.82, 2.24) is 4.31 Å². The van der Waals surface area contributed by atoms with Crippen molar-refractivity contribution in [2.45, 2.75) is 51.2 Å². The average Bonchev–Trinajstić information content (AvgIpc) is 2.69. The molecule has 0 bridgehead atoms. The topological polar surface area (TPSA) is 37.4 Å². The highest BCUT2D eigenvalue weighted by Crippen LogP contribution is 2.30. The molecule has 0 aromatic carbocycles. The lowest BCUT2D eigenvalue weighted by Gasteiger charge is -2.31. The first-order valence-electron chi connectivity index (χ1n) is 5.47. The molecule has 84 valence electrons. The molecule has 0 radical (unpaired) electrons. The minimum atomic E-state index is -3.07. The van der Waals surface area contributed by atoms with Gasteiger partial charge >= 0.3 is 0 Å². The van der Waals surface area contributed by atoms with Crippen molar-refractivity contribution in [3.63, 3.8) is 0 Å². The molecule has 0 amide bonds. The summed E-state index contributed by atoms with van der Waals surface area (Å²) >= 11 is 0. The molecule has 0 aromatic rings. The molecule has 3 nitrogen and oxygen atoms in total. The van der Waals surface area contributed by atoms with E-state index in [-0.39, 0.29) is 0 Å². The molecule has 0 atom stereocenters. The molecule has 14 heavy (non-hydrogen) atoms. The van der Waals surface area contributed by atoms with E-state index >= 15 is 0 Å². The van der Waals surface area contributed by atoms with Gasteiger partial charge in [-0.15, -0.1) is 0 Å². The van der Waals surface area contributed by atoms with Gasteiger partial charge in [0.05, 0.1) is 4.75 Å². The van der Waals surface area contributed by atoms with Gasteiger partial charge < -0.3 is 0 Å². The predicted molar refractivity (Wildman–Crippen MR) is 58.7 cm³/mol. The second-order valence-corrected chi connectivity index (χ2v) is 6.72. The van der Waals surface area contributed by atoms with Crippen LogP contribution in [0, 0.1) is 0 Å². The van der Waals surface area contributed by atoms with E-state index < -0.39 is 14.8 Å². The molecular weight excluding hydrogens is 198 g/mol. The summed E-state index contributed by atoms with van der Waals surface area (Å²) in [7, 11) is -3.07. The molecule has 0 spiro atoms. The summed E-state index contributed by atoms with van der Waals surface area (Å²) in [6, 6.07) is 0. The maximum absolute atomic E-state index is 12.2. The molecule has 1 aliphatic rings. The van der Waals surface area contributed by atoms with Gasteiger partial charge in [-0.25, -0.2) is 12.7 Å². The molecule has 1 aliphatic heterocycles. The Labute approximate surface area is 87.5 Å². The first kappa shape index (κ1) is 12.0. The Hall–Kier alpha value is -0.0900. The number of hydrogen-bond donors (Lipinski definition) is 0. The third kappa shape index (κ3) is 1.82. The standard InChI is InChI=1S/C10H21NO2S/c1-4-10(3,5-2)14(12,13)11-8-6-7-9-11/h4-9H2,1-3H3. The zero-order valence-corrected chi connectivity index (χ0v) is 10.2. The fourth-order valence-electron chi connectivity index (χ4n) is 1.85. The fourth-order valence-corrected chi connectivity index (χ4v) is 3.95. The Kier molecular flexibility index (Phi) is 3.58. The monoisotopic (exact) mass is 219 g/mol. The van der Waals surface area contributed by atoms with Crippen LogP contribution < -0.4 is 0 Å². The number of hydrogen-bond acceptors (Lipinski definition) is 2. The second-order valence-electron chi connectivity index (χ2n) is 4.27. The van der Waals surface area contributed by atoms with E-state index in [9.17, 15) is 8.42 Å². The summed E-state index contributed by atoms with van der Waals surface area (Å²) in [5.74, 6) is 0. The maximum Gasteiger partial charge on any atom is 0.219 e. The summed E-state index contributed by atoms with van der Waals surface area (Å²) in [6.07, 6.45) is 3.43. The molecular formula is C10H21NO2S. The van der Waals surface area contributed by atoms with Gasteiger partial charge in [-0.1, -0.05) is 13.8 Å². The van der Waals surface area contributed by atoms with Crippen molar-refractivity contribution < 1.29 is 8.42 Å². The van der Waals surface area contributed by atoms with Gasteiger partial charge in [0.1, 0.15) is 0 Å². The van der Waals surface area contributed by atoms with Gasteiger partial charge in [0.15, 0.2) is 0 Å². The Morgan fingerprint density at radius 2 is 1.57 bits per heavy atom. The molecule has 1 saturated heterocycles. The third-order valence-corrected chi connectivity index (χ3v) is 6.39. The van der Waals surface area contributed by atoms with E-state index in [1.54, 1.807) is 4.31 Å². The molecule has 1 fully saturated rings. The van der Waals surface area contributed by atoms with Crippen molar-refractivity contribution in [2.24, 2.45) is 0 Å². The zero-order valence-electron chi connectivity index (χ0n) is 9.41. The van der Waals surface area contributed by atoms with E-state index in [0.717, 1.165) is 25.9 Å². The smallest absolute Gasteiger partial charge is 0.212 e. The minimum absolute atomic E-state index is 0.558. The second kappa shape index (κ2) is 4.19. The summed E-state index contributed by atoms with van der Waals surface area (Å²) in [4.78, 5) is 0. The summed E-state index contributed by atoms with van der Waals surface area (Å²) in [5, 5.41) is 0. The van der Waals surface area contributed by atoms with E-state index in [0.29, 0.717) is 12.8 Å². The van der Waals surface area contributed by atoms with Gasteiger partial charge in [-0.05, 0) is 32.6 Å². The summed E-state index contributed by atoms with van der Waals surface area (Å²) < 4.78 is 25.6. The predicted octanol–water partition coefficient (Wildman–Crippen LogP) is 1.99. The van der Waals surface area contributed by atoms with Crippen molar-refractivity contribution in [1.29, 1.82) is 0 Å². The quantitative estimate of drug-likeness (QED) is 0.725. The first-order chi connectivity index (χ1) is 6.48. The lowest BCUT2D eigenvalue weighted by Crippen LogP contribution is -2.44. The highest BCUT2D eigenvalue weighted by atomic mass is 32.2. The van der Waals surface area contributed by atoms with E-state index in [1.807, 2.05) is 20.8 Å². The minimum Gasteiger partial charge on any atom is -0.212 e. The van der Waals surface area contributed by atoms with Gasteiger partial charge in [-0.3, -0.25) is 0 Å². The maximum atomic E-state index is 12.2. The normalized spacial score (nSPS) is 20.2. The Bertz CT molecular complexity index is 274. The van der Waals surface area contributed by atoms with Crippen LogP contribution in [0.3, 0.4) is 0 Å². The van der Waals surface area contributed by atoms with Crippen molar-refractivity contribution in [3.8, 4) is 0 Å². The lowest BCUT2D eigenvalue weighted by atomic mass is 10.1. The van der Waals surface area contributed by atoms with Crippen LogP contribution in [-0.2, 0) is 10.0 Å². The summed E-state index contributed by atoms with van der Waals surface area (Å²) in [5.41, 5.74) is 0. The molecule has 1 heterocycles. The van der Waals surface area contributed by atoms with Gasteiger partial charge in [-0.2, -0.15) is 0 Å². The molecule has 4 heteroatoms. The third-order valence-electron chi connectivity index (χ3n) is 3.52. The average molecular weight is 219 g/mol. The van der Waals surface area contributed by atoms with E-state index in [2.05, 4.69) is 0 Å². The number of rotatable bonds is 4. The van der Waals surface area contributed by atoms with Crippen molar-refractivity contribution in [3.05, 3.63) is 0 Å². The Balaban J connectivity index is 2.92. The highest BCUT2D eigenvalue weighted by molar-refractivity contribution is 7.90. The Morgan fingerprint density at radius 3 is 1.93 bits per heavy atom. The van der Waals surface area contributed by atoms with Crippen LogP contribution >= 0.6 is 0 Å². The molecule has 0 aromatic heterocycles. The largest absolute Gasteiger partial charge is 0.219 e. The number of nitrogens with zero attached hydrogens (tertiary/aromatic N) is 1. The fraction of sp³-hybridized carbons (Fsp3) is 1.00. The zero-order chi connectivity index (χ0) is 10.8. The van der Waals surface area contributed by atoms with Gasteiger partial charge in [0.2, 0.25) is 10.0 Å². The van der Waals surface area contributed by atoms with Crippen LogP contribution in [0.5, 0.6) is 0 Å². The van der Waals surface area contributed by atoms with Crippen LogP contribution in [0.25, 0.3) is 0 Å². The molecule has 0 saturated carbocycles. The van der Waals surface area contributed by atoms with Crippen LogP contribution in [0.2, 0.25) is 0 Å². The van der Waals surface area contributed by atoms with E-state index in [1.165, 1.54) is 0 Å². The summed E-state index contributed by atoms with van der Waals surface area (Å²) in [6.45, 7) is 7.21. The van der Waals surface area contributed by atoms with Crippen LogP contribution in [0.4, 0.5) is 0 Å². The first-order valence-corrected chi connectivity index (χ1v) is 6.91. The van der Waals surface area contributed by atoms with Gasteiger partial charge in [0, 0.05) is 13.1 Å². The molecule has 1 rings (SSSR count). The van der Waals surface area contributed by atoms with E-state index in [4.69, 9.17) is 0 Å². The van der Waals surface area contributed by atoms with Gasteiger partial charge in [0.25, 0.3) is 0 Å². The van der Waals surface area contributed by atoms with Crippen LogP contribution in [-0.4, -0.2) is 30.6 Å². The van der Waals surface area contributed by atoms with Crippen LogP contribution in [0.1, 0.15) is 46.5 Å².